The highest BCUT2D eigenvalue weighted by Crippen LogP contribution is 2.19. The van der Waals surface area contributed by atoms with Gasteiger partial charge in [-0.05, 0) is 26.0 Å². The van der Waals surface area contributed by atoms with E-state index in [2.05, 4.69) is 4.98 Å². The van der Waals surface area contributed by atoms with Gasteiger partial charge in [-0.1, -0.05) is 0 Å². The summed E-state index contributed by atoms with van der Waals surface area (Å²) < 4.78 is 37.2. The van der Waals surface area contributed by atoms with E-state index in [9.17, 15) is 18.0 Å². The molecule has 1 aromatic rings. The second-order valence-electron chi connectivity index (χ2n) is 4.46. The molecule has 0 fully saturated rings. The molecule has 0 saturated heterocycles. The molecular weight excluding hydrogens is 261 g/mol. The van der Waals surface area contributed by atoms with Crippen molar-refractivity contribution in [3.63, 3.8) is 0 Å². The number of hydrogen-bond acceptors (Lipinski definition) is 3. The molecule has 0 radical (unpaired) electrons. The molecule has 0 unspecified atom stereocenters. The summed E-state index contributed by atoms with van der Waals surface area (Å²) in [4.78, 5) is 15.7. The fraction of sp³-hybridized carbons (Fsp3) is 0.500. The topological polar surface area (TPSA) is 53.4 Å². The van der Waals surface area contributed by atoms with Crippen LogP contribution in [0, 0.1) is 0 Å². The molecule has 19 heavy (non-hydrogen) atoms. The molecule has 0 aliphatic carbocycles. The third-order valence-electron chi connectivity index (χ3n) is 2.55. The summed E-state index contributed by atoms with van der Waals surface area (Å²) in [5.41, 5.74) is 0.415. The van der Waals surface area contributed by atoms with Crippen LogP contribution in [-0.4, -0.2) is 39.7 Å². The van der Waals surface area contributed by atoms with E-state index in [1.165, 1.54) is 17.0 Å². The number of aromatic nitrogens is 1. The van der Waals surface area contributed by atoms with Crippen molar-refractivity contribution in [1.29, 1.82) is 0 Å². The van der Waals surface area contributed by atoms with Crippen molar-refractivity contribution >= 4 is 5.97 Å². The molecule has 7 heteroatoms. The first-order chi connectivity index (χ1) is 8.69. The predicted octanol–water partition coefficient (Wildman–Crippen LogP) is 2.55. The molecule has 0 atom stereocenters. The van der Waals surface area contributed by atoms with E-state index in [1.54, 1.807) is 13.8 Å². The fourth-order valence-electron chi connectivity index (χ4n) is 1.50. The van der Waals surface area contributed by atoms with Crippen LogP contribution in [0.3, 0.4) is 0 Å². The van der Waals surface area contributed by atoms with Crippen LogP contribution in [0.5, 0.6) is 0 Å². The zero-order chi connectivity index (χ0) is 14.6. The van der Waals surface area contributed by atoms with Crippen LogP contribution in [-0.2, 0) is 6.54 Å². The molecule has 106 valence electrons. The zero-order valence-corrected chi connectivity index (χ0v) is 10.6. The minimum atomic E-state index is -4.27. The Morgan fingerprint density at radius 3 is 2.42 bits per heavy atom. The number of rotatable bonds is 5. The summed E-state index contributed by atoms with van der Waals surface area (Å²) in [5.74, 6) is -1.12. The minimum Gasteiger partial charge on any atom is -0.478 e. The van der Waals surface area contributed by atoms with Gasteiger partial charge in [-0.2, -0.15) is 13.2 Å². The molecule has 1 heterocycles. The van der Waals surface area contributed by atoms with Gasteiger partial charge in [0.2, 0.25) is 0 Å². The molecule has 0 saturated carbocycles. The summed E-state index contributed by atoms with van der Waals surface area (Å²) in [6, 6.07) is 2.47. The van der Waals surface area contributed by atoms with Gasteiger partial charge in [0.1, 0.15) is 0 Å². The third kappa shape index (κ3) is 5.25. The number of nitrogens with zero attached hydrogens (tertiary/aromatic N) is 2. The molecule has 0 aromatic carbocycles. The second-order valence-corrected chi connectivity index (χ2v) is 4.46. The Morgan fingerprint density at radius 1 is 1.42 bits per heavy atom. The van der Waals surface area contributed by atoms with Crippen LogP contribution in [0.2, 0.25) is 0 Å². The molecule has 0 spiro atoms. The molecule has 1 rings (SSSR count). The number of pyridine rings is 1. The van der Waals surface area contributed by atoms with Gasteiger partial charge in [0, 0.05) is 18.8 Å². The van der Waals surface area contributed by atoms with Crippen LogP contribution in [0.4, 0.5) is 13.2 Å². The van der Waals surface area contributed by atoms with Gasteiger partial charge in [-0.3, -0.25) is 9.88 Å². The normalized spacial score (nSPS) is 12.2. The van der Waals surface area contributed by atoms with E-state index in [0.717, 1.165) is 6.20 Å². The first kappa shape index (κ1) is 15.4. The van der Waals surface area contributed by atoms with Crippen molar-refractivity contribution in [1.82, 2.24) is 9.88 Å². The maximum absolute atomic E-state index is 12.4. The van der Waals surface area contributed by atoms with Gasteiger partial charge >= 0.3 is 12.1 Å². The monoisotopic (exact) mass is 276 g/mol. The Labute approximate surface area is 108 Å². The molecule has 1 N–H and O–H groups in total. The van der Waals surface area contributed by atoms with Crippen LogP contribution in [0.1, 0.15) is 29.9 Å². The zero-order valence-electron chi connectivity index (χ0n) is 10.6. The molecule has 0 amide bonds. The highest BCUT2D eigenvalue weighted by molar-refractivity contribution is 5.87. The van der Waals surface area contributed by atoms with E-state index in [1.807, 2.05) is 0 Å². The lowest BCUT2D eigenvalue weighted by Crippen LogP contribution is -2.38. The Bertz CT molecular complexity index is 430. The standard InChI is InChI=1S/C12H15F3N2O2/c1-8(2)17(7-12(13,14)15)6-10-4-3-9(5-16-10)11(18)19/h3-5,8H,6-7H2,1-2H3,(H,18,19). The summed E-state index contributed by atoms with van der Waals surface area (Å²) in [6.45, 7) is 2.33. The number of hydrogen-bond donors (Lipinski definition) is 1. The number of aromatic carboxylic acids is 1. The van der Waals surface area contributed by atoms with Gasteiger partial charge in [0.15, 0.2) is 0 Å². The van der Waals surface area contributed by atoms with E-state index < -0.39 is 18.7 Å². The third-order valence-corrected chi connectivity index (χ3v) is 2.55. The van der Waals surface area contributed by atoms with Crippen LogP contribution in [0.25, 0.3) is 0 Å². The molecular formula is C12H15F3N2O2. The fourth-order valence-corrected chi connectivity index (χ4v) is 1.50. The number of carbonyl (C=O) groups is 1. The number of alkyl halides is 3. The van der Waals surface area contributed by atoms with Crippen molar-refractivity contribution in [2.75, 3.05) is 6.54 Å². The highest BCUT2D eigenvalue weighted by atomic mass is 19.4. The Morgan fingerprint density at radius 2 is 2.05 bits per heavy atom. The van der Waals surface area contributed by atoms with E-state index in [0.29, 0.717) is 5.69 Å². The average Bonchev–Trinajstić information content (AvgIpc) is 2.27. The average molecular weight is 276 g/mol. The number of halogens is 3. The van der Waals surface area contributed by atoms with Crippen molar-refractivity contribution in [2.24, 2.45) is 0 Å². The molecule has 0 bridgehead atoms. The van der Waals surface area contributed by atoms with Gasteiger partial charge < -0.3 is 5.11 Å². The second kappa shape index (κ2) is 6.01. The molecule has 0 aliphatic rings. The van der Waals surface area contributed by atoms with Crippen LogP contribution < -0.4 is 0 Å². The van der Waals surface area contributed by atoms with E-state index in [4.69, 9.17) is 5.11 Å². The van der Waals surface area contributed by atoms with Gasteiger partial charge in [-0.15, -0.1) is 0 Å². The quantitative estimate of drug-likeness (QED) is 0.898. The Kier molecular flexibility index (Phi) is 4.88. The summed E-state index contributed by atoms with van der Waals surface area (Å²) in [5, 5.41) is 8.70. The number of carboxylic acid groups (broad SMARTS) is 1. The Balaban J connectivity index is 2.76. The molecule has 1 aromatic heterocycles. The SMILES string of the molecule is CC(C)N(Cc1ccc(C(=O)O)cn1)CC(F)(F)F. The van der Waals surface area contributed by atoms with Crippen LogP contribution >= 0.6 is 0 Å². The number of carboxylic acids is 1. The smallest absolute Gasteiger partial charge is 0.401 e. The van der Waals surface area contributed by atoms with E-state index in [-0.39, 0.29) is 18.2 Å². The molecule has 0 aliphatic heterocycles. The summed E-state index contributed by atoms with van der Waals surface area (Å²) >= 11 is 0. The molecule has 4 nitrogen and oxygen atoms in total. The Hall–Kier alpha value is -1.63. The van der Waals surface area contributed by atoms with Crippen LogP contribution in [0.15, 0.2) is 18.3 Å². The summed E-state index contributed by atoms with van der Waals surface area (Å²) in [7, 11) is 0. The predicted molar refractivity (Wildman–Crippen MR) is 62.8 cm³/mol. The first-order valence-corrected chi connectivity index (χ1v) is 5.68. The first-order valence-electron chi connectivity index (χ1n) is 5.68. The maximum atomic E-state index is 12.4. The van der Waals surface area contributed by atoms with E-state index >= 15 is 0 Å². The lowest BCUT2D eigenvalue weighted by Gasteiger charge is -2.27. The van der Waals surface area contributed by atoms with Gasteiger partial charge in [0.25, 0.3) is 0 Å². The lowest BCUT2D eigenvalue weighted by molar-refractivity contribution is -0.151. The van der Waals surface area contributed by atoms with Crippen molar-refractivity contribution in [3.05, 3.63) is 29.6 Å². The van der Waals surface area contributed by atoms with Crippen molar-refractivity contribution < 1.29 is 23.1 Å². The summed E-state index contributed by atoms with van der Waals surface area (Å²) in [6.07, 6.45) is -3.13. The van der Waals surface area contributed by atoms with Crippen molar-refractivity contribution in [3.8, 4) is 0 Å². The highest BCUT2D eigenvalue weighted by Gasteiger charge is 2.31. The lowest BCUT2D eigenvalue weighted by atomic mass is 10.2. The largest absolute Gasteiger partial charge is 0.478 e. The maximum Gasteiger partial charge on any atom is 0.401 e. The van der Waals surface area contributed by atoms with Gasteiger partial charge in [0.05, 0.1) is 17.8 Å². The van der Waals surface area contributed by atoms with Crippen molar-refractivity contribution in [2.45, 2.75) is 32.6 Å². The minimum absolute atomic E-state index is 0.00988. The van der Waals surface area contributed by atoms with Gasteiger partial charge in [-0.25, -0.2) is 4.79 Å².